The molecule has 5 heteroatoms. The number of pyridine rings is 1. The fourth-order valence-corrected chi connectivity index (χ4v) is 3.17. The molecule has 0 saturated carbocycles. The molecule has 19 heavy (non-hydrogen) atoms. The molecule has 1 aliphatic rings. The van der Waals surface area contributed by atoms with Crippen molar-refractivity contribution in [1.29, 1.82) is 0 Å². The van der Waals surface area contributed by atoms with Crippen molar-refractivity contribution in [2.24, 2.45) is 0 Å². The number of carbonyl (C=O) groups is 1. The molecule has 0 aliphatic carbocycles. The second-order valence-corrected chi connectivity index (χ2v) is 6.36. The molecule has 1 aliphatic heterocycles. The van der Waals surface area contributed by atoms with E-state index in [0.717, 1.165) is 23.7 Å². The van der Waals surface area contributed by atoms with E-state index in [2.05, 4.69) is 11.9 Å². The predicted octanol–water partition coefficient (Wildman–Crippen LogP) is 3.17. The zero-order chi connectivity index (χ0) is 14.0. The van der Waals surface area contributed by atoms with Gasteiger partial charge in [-0.25, -0.2) is 9.78 Å². The van der Waals surface area contributed by atoms with Gasteiger partial charge in [-0.2, -0.15) is 0 Å². The van der Waals surface area contributed by atoms with Crippen molar-refractivity contribution in [1.82, 2.24) is 4.98 Å². The number of hydrogen-bond donors (Lipinski definition) is 1. The van der Waals surface area contributed by atoms with E-state index in [-0.39, 0.29) is 12.0 Å². The lowest BCUT2D eigenvalue weighted by Gasteiger charge is -2.15. The molecule has 0 bridgehead atoms. The summed E-state index contributed by atoms with van der Waals surface area (Å²) in [5.41, 5.74) is 1.14. The Kier molecular flexibility index (Phi) is 4.47. The normalized spacial score (nSPS) is 22.9. The minimum absolute atomic E-state index is 0.197. The lowest BCUT2D eigenvalue weighted by Crippen LogP contribution is -2.14. The van der Waals surface area contributed by atoms with Crippen molar-refractivity contribution in [3.8, 4) is 0 Å². The van der Waals surface area contributed by atoms with Gasteiger partial charge in [0, 0.05) is 17.6 Å². The van der Waals surface area contributed by atoms with E-state index in [1.807, 2.05) is 13.8 Å². The third kappa shape index (κ3) is 3.48. The largest absolute Gasteiger partial charge is 0.478 e. The summed E-state index contributed by atoms with van der Waals surface area (Å²) in [7, 11) is 0. The van der Waals surface area contributed by atoms with Crippen molar-refractivity contribution in [3.05, 3.63) is 23.4 Å². The van der Waals surface area contributed by atoms with E-state index in [0.29, 0.717) is 10.8 Å². The van der Waals surface area contributed by atoms with E-state index in [1.165, 1.54) is 0 Å². The van der Waals surface area contributed by atoms with Crippen LogP contribution in [0.2, 0.25) is 0 Å². The maximum Gasteiger partial charge on any atom is 0.335 e. The molecule has 1 aromatic heterocycles. The van der Waals surface area contributed by atoms with Crippen LogP contribution < -0.4 is 0 Å². The SMILES string of the molecule is CC(C)c1cc(C(=O)O)cc(SC2CCOC2C)n1. The molecule has 0 radical (unpaired) electrons. The highest BCUT2D eigenvalue weighted by atomic mass is 32.2. The van der Waals surface area contributed by atoms with Crippen LogP contribution in [0.3, 0.4) is 0 Å². The van der Waals surface area contributed by atoms with Crippen molar-refractivity contribution in [3.63, 3.8) is 0 Å². The summed E-state index contributed by atoms with van der Waals surface area (Å²) in [6.45, 7) is 6.86. The molecule has 4 nitrogen and oxygen atoms in total. The Bertz CT molecular complexity index is 476. The van der Waals surface area contributed by atoms with E-state index in [4.69, 9.17) is 9.84 Å². The van der Waals surface area contributed by atoms with Gasteiger partial charge in [0.05, 0.1) is 16.7 Å². The summed E-state index contributed by atoms with van der Waals surface area (Å²) in [4.78, 5) is 15.7. The molecule has 2 unspecified atom stereocenters. The van der Waals surface area contributed by atoms with Gasteiger partial charge < -0.3 is 9.84 Å². The smallest absolute Gasteiger partial charge is 0.335 e. The minimum Gasteiger partial charge on any atom is -0.478 e. The van der Waals surface area contributed by atoms with Gasteiger partial charge in [0.2, 0.25) is 0 Å². The zero-order valence-corrected chi connectivity index (χ0v) is 12.2. The summed E-state index contributed by atoms with van der Waals surface area (Å²) in [6, 6.07) is 3.32. The molecule has 2 heterocycles. The number of hydrogen-bond acceptors (Lipinski definition) is 4. The highest BCUT2D eigenvalue weighted by Crippen LogP contribution is 2.32. The monoisotopic (exact) mass is 281 g/mol. The third-order valence-electron chi connectivity index (χ3n) is 3.24. The van der Waals surface area contributed by atoms with E-state index in [1.54, 1.807) is 23.9 Å². The molecular weight excluding hydrogens is 262 g/mol. The first-order valence-corrected chi connectivity index (χ1v) is 7.39. The van der Waals surface area contributed by atoms with Crippen LogP contribution in [-0.2, 0) is 4.74 Å². The van der Waals surface area contributed by atoms with E-state index >= 15 is 0 Å². The summed E-state index contributed by atoms with van der Waals surface area (Å²) < 4.78 is 5.53. The Morgan fingerprint density at radius 1 is 1.53 bits per heavy atom. The first-order valence-electron chi connectivity index (χ1n) is 6.51. The van der Waals surface area contributed by atoms with Crippen molar-refractivity contribution < 1.29 is 14.6 Å². The van der Waals surface area contributed by atoms with Crippen LogP contribution in [0.25, 0.3) is 0 Å². The summed E-state index contributed by atoms with van der Waals surface area (Å²) in [5.74, 6) is -0.683. The molecular formula is C14H19NO3S. The first-order chi connectivity index (χ1) is 8.97. The molecule has 2 rings (SSSR count). The zero-order valence-electron chi connectivity index (χ0n) is 11.4. The summed E-state index contributed by atoms with van der Waals surface area (Å²) in [5, 5.41) is 10.3. The van der Waals surface area contributed by atoms with Gasteiger partial charge in [-0.05, 0) is 31.4 Å². The molecule has 0 aromatic carbocycles. The van der Waals surface area contributed by atoms with Crippen LogP contribution in [-0.4, -0.2) is 34.0 Å². The maximum absolute atomic E-state index is 11.2. The van der Waals surface area contributed by atoms with E-state index in [9.17, 15) is 4.79 Å². The number of aromatic nitrogens is 1. The van der Waals surface area contributed by atoms with Gasteiger partial charge in [0.15, 0.2) is 0 Å². The first kappa shape index (κ1) is 14.3. The molecule has 1 saturated heterocycles. The average molecular weight is 281 g/mol. The summed E-state index contributed by atoms with van der Waals surface area (Å²) >= 11 is 1.62. The molecule has 1 fully saturated rings. The van der Waals surface area contributed by atoms with E-state index < -0.39 is 5.97 Å². The van der Waals surface area contributed by atoms with Gasteiger partial charge in [-0.15, -0.1) is 11.8 Å². The Balaban J connectivity index is 2.25. The van der Waals surface area contributed by atoms with Gasteiger partial charge >= 0.3 is 5.97 Å². The lowest BCUT2D eigenvalue weighted by atomic mass is 10.1. The number of aromatic carboxylic acids is 1. The van der Waals surface area contributed by atoms with Crippen molar-refractivity contribution in [2.75, 3.05) is 6.61 Å². The molecule has 104 valence electrons. The highest BCUT2D eigenvalue weighted by Gasteiger charge is 2.26. The number of thioether (sulfide) groups is 1. The Labute approximate surface area is 117 Å². The van der Waals surface area contributed by atoms with Gasteiger partial charge in [-0.1, -0.05) is 13.8 Å². The standard InChI is InChI=1S/C14H19NO3S/c1-8(2)11-6-10(14(16)17)7-13(15-11)19-12-4-5-18-9(12)3/h6-9,12H,4-5H2,1-3H3,(H,16,17). The number of ether oxygens (including phenoxy) is 1. The molecule has 0 amide bonds. The van der Waals surface area contributed by atoms with Crippen LogP contribution in [0.15, 0.2) is 17.2 Å². The third-order valence-corrected chi connectivity index (χ3v) is 4.61. The lowest BCUT2D eigenvalue weighted by molar-refractivity contribution is 0.0696. The van der Waals surface area contributed by atoms with Crippen molar-refractivity contribution >= 4 is 17.7 Å². The quantitative estimate of drug-likeness (QED) is 0.918. The topological polar surface area (TPSA) is 59.4 Å². The fourth-order valence-electron chi connectivity index (χ4n) is 2.03. The van der Waals surface area contributed by atoms with Crippen LogP contribution in [0, 0.1) is 0 Å². The van der Waals surface area contributed by atoms with Crippen LogP contribution in [0.1, 0.15) is 49.2 Å². The number of carboxylic acids is 1. The maximum atomic E-state index is 11.2. The number of rotatable bonds is 4. The highest BCUT2D eigenvalue weighted by molar-refractivity contribution is 7.99. The van der Waals surface area contributed by atoms with Gasteiger partial charge in [-0.3, -0.25) is 0 Å². The van der Waals surface area contributed by atoms with Gasteiger partial charge in [0.25, 0.3) is 0 Å². The second kappa shape index (κ2) is 5.92. The average Bonchev–Trinajstić information content (AvgIpc) is 2.74. The van der Waals surface area contributed by atoms with Crippen LogP contribution >= 0.6 is 11.8 Å². The Morgan fingerprint density at radius 2 is 2.26 bits per heavy atom. The molecule has 1 aromatic rings. The number of carboxylic acid groups (broad SMARTS) is 1. The second-order valence-electron chi connectivity index (χ2n) is 5.10. The fraction of sp³-hybridized carbons (Fsp3) is 0.571. The molecule has 1 N–H and O–H groups in total. The predicted molar refractivity (Wildman–Crippen MR) is 75.0 cm³/mol. The molecule has 2 atom stereocenters. The van der Waals surface area contributed by atoms with Crippen LogP contribution in [0.4, 0.5) is 0 Å². The van der Waals surface area contributed by atoms with Crippen molar-refractivity contribution in [2.45, 2.75) is 49.5 Å². The van der Waals surface area contributed by atoms with Crippen LogP contribution in [0.5, 0.6) is 0 Å². The Morgan fingerprint density at radius 3 is 2.79 bits per heavy atom. The minimum atomic E-state index is -0.901. The van der Waals surface area contributed by atoms with Gasteiger partial charge in [0.1, 0.15) is 0 Å². The number of nitrogens with zero attached hydrogens (tertiary/aromatic N) is 1. The molecule has 0 spiro atoms. The Hall–Kier alpha value is -1.07. The summed E-state index contributed by atoms with van der Waals surface area (Å²) in [6.07, 6.45) is 1.18.